The van der Waals surface area contributed by atoms with E-state index in [1.807, 2.05) is 38.9 Å². The molecule has 0 aliphatic carbocycles. The quantitative estimate of drug-likeness (QED) is 0.811. The monoisotopic (exact) mass is 286 g/mol. The molecule has 2 amide bonds. The van der Waals surface area contributed by atoms with Gasteiger partial charge in [-0.2, -0.15) is 11.8 Å². The van der Waals surface area contributed by atoms with Crippen molar-refractivity contribution >= 4 is 23.6 Å². The molecule has 1 rings (SSSR count). The van der Waals surface area contributed by atoms with Gasteiger partial charge in [0.25, 0.3) is 0 Å². The Kier molecular flexibility index (Phi) is 6.17. The number of amides is 2. The first-order valence-corrected chi connectivity index (χ1v) is 8.44. The minimum atomic E-state index is -0.336. The maximum absolute atomic E-state index is 12.6. The van der Waals surface area contributed by atoms with Gasteiger partial charge in [0, 0.05) is 11.8 Å². The van der Waals surface area contributed by atoms with Crippen LogP contribution in [0.15, 0.2) is 0 Å². The normalized spacial score (nSPS) is 25.7. The Balaban J connectivity index is 2.99. The summed E-state index contributed by atoms with van der Waals surface area (Å²) >= 11 is 1.71. The standard InChI is InChI=1S/C14H26N2O2S/c1-6-7-11-14(18)16(10(4)8-19-5)12(9(2)3)13(17)15-11/h9-12H,6-8H2,1-5H3,(H,15,17). The summed E-state index contributed by atoms with van der Waals surface area (Å²) < 4.78 is 0. The minimum Gasteiger partial charge on any atom is -0.342 e. The zero-order valence-electron chi connectivity index (χ0n) is 12.6. The van der Waals surface area contributed by atoms with Crippen molar-refractivity contribution in [2.24, 2.45) is 5.92 Å². The molecule has 110 valence electrons. The molecule has 0 aromatic heterocycles. The Morgan fingerprint density at radius 2 is 1.95 bits per heavy atom. The van der Waals surface area contributed by atoms with E-state index >= 15 is 0 Å². The van der Waals surface area contributed by atoms with Crippen molar-refractivity contribution in [2.45, 2.75) is 58.7 Å². The summed E-state index contributed by atoms with van der Waals surface area (Å²) in [7, 11) is 0. The number of hydrogen-bond donors (Lipinski definition) is 1. The van der Waals surface area contributed by atoms with Crippen molar-refractivity contribution in [1.29, 1.82) is 0 Å². The van der Waals surface area contributed by atoms with Gasteiger partial charge in [0.2, 0.25) is 11.8 Å². The minimum absolute atomic E-state index is 0.000929. The van der Waals surface area contributed by atoms with Gasteiger partial charge in [0.05, 0.1) is 0 Å². The number of rotatable bonds is 6. The zero-order chi connectivity index (χ0) is 14.6. The zero-order valence-corrected chi connectivity index (χ0v) is 13.4. The Morgan fingerprint density at radius 1 is 1.32 bits per heavy atom. The summed E-state index contributed by atoms with van der Waals surface area (Å²) in [5.74, 6) is 1.08. The van der Waals surface area contributed by atoms with E-state index in [9.17, 15) is 9.59 Å². The fourth-order valence-electron chi connectivity index (χ4n) is 2.68. The molecular formula is C14H26N2O2S. The molecule has 3 atom stereocenters. The van der Waals surface area contributed by atoms with Crippen LogP contribution < -0.4 is 5.32 Å². The second-order valence-electron chi connectivity index (χ2n) is 5.59. The molecule has 5 heteroatoms. The molecule has 1 fully saturated rings. The number of hydrogen-bond acceptors (Lipinski definition) is 3. The van der Waals surface area contributed by atoms with Crippen molar-refractivity contribution in [3.63, 3.8) is 0 Å². The highest BCUT2D eigenvalue weighted by molar-refractivity contribution is 7.98. The predicted molar refractivity (Wildman–Crippen MR) is 80.2 cm³/mol. The molecule has 1 heterocycles. The second kappa shape index (κ2) is 7.17. The molecule has 1 saturated heterocycles. The van der Waals surface area contributed by atoms with E-state index in [1.54, 1.807) is 11.8 Å². The Hall–Kier alpha value is -0.710. The third-order valence-electron chi connectivity index (χ3n) is 3.53. The van der Waals surface area contributed by atoms with Crippen molar-refractivity contribution in [2.75, 3.05) is 12.0 Å². The Labute approximate surface area is 120 Å². The highest BCUT2D eigenvalue weighted by atomic mass is 32.2. The van der Waals surface area contributed by atoms with Crippen LogP contribution in [0.3, 0.4) is 0 Å². The maximum Gasteiger partial charge on any atom is 0.246 e. The molecule has 0 aromatic rings. The SMILES string of the molecule is CCCC1NC(=O)C(C(C)C)N(C(C)CSC)C1=O. The third kappa shape index (κ3) is 3.65. The van der Waals surface area contributed by atoms with Gasteiger partial charge in [-0.25, -0.2) is 0 Å². The largest absolute Gasteiger partial charge is 0.342 e. The molecule has 3 unspecified atom stereocenters. The highest BCUT2D eigenvalue weighted by Gasteiger charge is 2.43. The van der Waals surface area contributed by atoms with E-state index in [0.717, 1.165) is 18.6 Å². The lowest BCUT2D eigenvalue weighted by Gasteiger charge is -2.44. The van der Waals surface area contributed by atoms with E-state index in [4.69, 9.17) is 0 Å². The molecule has 0 bridgehead atoms. The van der Waals surface area contributed by atoms with Crippen LogP contribution in [0.25, 0.3) is 0 Å². The lowest BCUT2D eigenvalue weighted by Crippen LogP contribution is -2.67. The van der Waals surface area contributed by atoms with Crippen LogP contribution in [-0.4, -0.2) is 46.8 Å². The molecule has 1 aliphatic rings. The van der Waals surface area contributed by atoms with E-state index < -0.39 is 0 Å². The fourth-order valence-corrected chi connectivity index (χ4v) is 3.33. The van der Waals surface area contributed by atoms with Crippen LogP contribution in [0, 0.1) is 5.92 Å². The first kappa shape index (κ1) is 16.3. The van der Waals surface area contributed by atoms with Gasteiger partial charge in [-0.15, -0.1) is 0 Å². The first-order chi connectivity index (χ1) is 8.93. The van der Waals surface area contributed by atoms with Gasteiger partial charge >= 0.3 is 0 Å². The number of nitrogens with one attached hydrogen (secondary N) is 1. The molecular weight excluding hydrogens is 260 g/mol. The summed E-state index contributed by atoms with van der Waals surface area (Å²) in [6.45, 7) is 8.06. The van der Waals surface area contributed by atoms with Gasteiger partial charge in [-0.05, 0) is 25.5 Å². The van der Waals surface area contributed by atoms with Crippen molar-refractivity contribution < 1.29 is 9.59 Å². The molecule has 0 spiro atoms. The van der Waals surface area contributed by atoms with E-state index in [1.165, 1.54) is 0 Å². The number of thioether (sulfide) groups is 1. The highest BCUT2D eigenvalue weighted by Crippen LogP contribution is 2.23. The van der Waals surface area contributed by atoms with Gasteiger partial charge in [-0.3, -0.25) is 9.59 Å². The van der Waals surface area contributed by atoms with Gasteiger partial charge in [-0.1, -0.05) is 27.2 Å². The Morgan fingerprint density at radius 3 is 2.42 bits per heavy atom. The van der Waals surface area contributed by atoms with Crippen molar-refractivity contribution in [3.05, 3.63) is 0 Å². The molecule has 0 radical (unpaired) electrons. The molecule has 0 aromatic carbocycles. The lowest BCUT2D eigenvalue weighted by molar-refractivity contribution is -0.153. The summed E-state index contributed by atoms with van der Waals surface area (Å²) in [6.07, 6.45) is 3.64. The van der Waals surface area contributed by atoms with Crippen LogP contribution in [0.2, 0.25) is 0 Å². The van der Waals surface area contributed by atoms with Crippen molar-refractivity contribution in [3.8, 4) is 0 Å². The average Bonchev–Trinajstić information content (AvgIpc) is 2.32. The summed E-state index contributed by atoms with van der Waals surface area (Å²) in [4.78, 5) is 26.7. The van der Waals surface area contributed by atoms with E-state index in [-0.39, 0.29) is 35.9 Å². The van der Waals surface area contributed by atoms with E-state index in [0.29, 0.717) is 0 Å². The third-order valence-corrected chi connectivity index (χ3v) is 4.34. The number of nitrogens with zero attached hydrogens (tertiary/aromatic N) is 1. The van der Waals surface area contributed by atoms with Gasteiger partial charge < -0.3 is 10.2 Å². The predicted octanol–water partition coefficient (Wildman–Crippen LogP) is 1.89. The summed E-state index contributed by atoms with van der Waals surface area (Å²) in [5, 5.41) is 2.89. The summed E-state index contributed by atoms with van der Waals surface area (Å²) in [5.41, 5.74) is 0. The number of piperazine rings is 1. The summed E-state index contributed by atoms with van der Waals surface area (Å²) in [6, 6.07) is -0.570. The average molecular weight is 286 g/mol. The van der Waals surface area contributed by atoms with Gasteiger partial charge in [0.15, 0.2) is 0 Å². The van der Waals surface area contributed by atoms with E-state index in [2.05, 4.69) is 5.32 Å². The molecule has 1 N–H and O–H groups in total. The van der Waals surface area contributed by atoms with Gasteiger partial charge in [0.1, 0.15) is 12.1 Å². The number of carbonyl (C=O) groups excluding carboxylic acids is 2. The second-order valence-corrected chi connectivity index (χ2v) is 6.50. The molecule has 1 aliphatic heterocycles. The fraction of sp³-hybridized carbons (Fsp3) is 0.857. The van der Waals surface area contributed by atoms with Crippen LogP contribution >= 0.6 is 11.8 Å². The van der Waals surface area contributed by atoms with Crippen LogP contribution in [-0.2, 0) is 9.59 Å². The maximum atomic E-state index is 12.6. The molecule has 0 saturated carbocycles. The van der Waals surface area contributed by atoms with Crippen LogP contribution in [0.5, 0.6) is 0 Å². The van der Waals surface area contributed by atoms with Crippen LogP contribution in [0.1, 0.15) is 40.5 Å². The lowest BCUT2D eigenvalue weighted by atomic mass is 9.94. The van der Waals surface area contributed by atoms with Crippen molar-refractivity contribution in [1.82, 2.24) is 10.2 Å². The first-order valence-electron chi connectivity index (χ1n) is 7.05. The van der Waals surface area contributed by atoms with Crippen LogP contribution in [0.4, 0.5) is 0 Å². The molecule has 19 heavy (non-hydrogen) atoms. The number of carbonyl (C=O) groups is 2. The smallest absolute Gasteiger partial charge is 0.246 e. The Bertz CT molecular complexity index is 333. The molecule has 4 nitrogen and oxygen atoms in total. The topological polar surface area (TPSA) is 49.4 Å².